The molecule has 0 atom stereocenters. The van der Waals surface area contributed by atoms with Crippen molar-refractivity contribution in [2.45, 2.75) is 25.3 Å². The second-order valence-electron chi connectivity index (χ2n) is 4.46. The third-order valence-corrected chi connectivity index (χ3v) is 4.86. The molecule has 0 aliphatic carbocycles. The Morgan fingerprint density at radius 3 is 2.62 bits per heavy atom. The fourth-order valence-electron chi connectivity index (χ4n) is 2.07. The summed E-state index contributed by atoms with van der Waals surface area (Å²) in [5.74, 6) is 0.0462. The SMILES string of the molecule is Cc1oc(C)c(S(=O)(=O)Nc2cc(F)ccc2Cl)c1CN. The van der Waals surface area contributed by atoms with Gasteiger partial charge in [-0.1, -0.05) is 11.6 Å². The number of halogens is 2. The second-order valence-corrected chi connectivity index (χ2v) is 6.48. The number of sulfonamides is 1. The standard InChI is InChI=1S/C13H14ClFN2O3S/c1-7-10(6-16)13(8(2)20-7)21(18,19)17-12-5-9(15)3-4-11(12)14/h3-5,17H,6,16H2,1-2H3. The number of anilines is 1. The summed E-state index contributed by atoms with van der Waals surface area (Å²) in [4.78, 5) is -0.0390. The smallest absolute Gasteiger partial charge is 0.265 e. The predicted octanol–water partition coefficient (Wildman–Crippen LogP) is 2.95. The lowest BCUT2D eigenvalue weighted by molar-refractivity contribution is 0.494. The number of nitrogens with two attached hydrogens (primary N) is 1. The van der Waals surface area contributed by atoms with Crippen LogP contribution < -0.4 is 10.5 Å². The maximum absolute atomic E-state index is 13.2. The summed E-state index contributed by atoms with van der Waals surface area (Å²) in [7, 11) is -3.98. The van der Waals surface area contributed by atoms with Gasteiger partial charge in [-0.25, -0.2) is 12.8 Å². The zero-order chi connectivity index (χ0) is 15.8. The third kappa shape index (κ3) is 3.04. The van der Waals surface area contributed by atoms with Crippen molar-refractivity contribution in [3.8, 4) is 0 Å². The van der Waals surface area contributed by atoms with Gasteiger partial charge in [0.2, 0.25) is 0 Å². The van der Waals surface area contributed by atoms with E-state index in [-0.39, 0.29) is 27.9 Å². The molecule has 0 unspecified atom stereocenters. The van der Waals surface area contributed by atoms with Gasteiger partial charge in [-0.2, -0.15) is 0 Å². The van der Waals surface area contributed by atoms with Crippen LogP contribution in [0, 0.1) is 19.7 Å². The Morgan fingerprint density at radius 1 is 1.33 bits per heavy atom. The fraction of sp³-hybridized carbons (Fsp3) is 0.231. The zero-order valence-electron chi connectivity index (χ0n) is 11.4. The topological polar surface area (TPSA) is 85.3 Å². The van der Waals surface area contributed by atoms with Gasteiger partial charge in [0.05, 0.1) is 10.7 Å². The van der Waals surface area contributed by atoms with E-state index < -0.39 is 15.8 Å². The molecule has 0 saturated heterocycles. The molecule has 0 aliphatic heterocycles. The number of aryl methyl sites for hydroxylation is 2. The normalized spacial score (nSPS) is 11.7. The van der Waals surface area contributed by atoms with E-state index >= 15 is 0 Å². The molecule has 1 aromatic carbocycles. The quantitative estimate of drug-likeness (QED) is 0.901. The van der Waals surface area contributed by atoms with E-state index in [2.05, 4.69) is 4.72 Å². The van der Waals surface area contributed by atoms with Gasteiger partial charge in [-0.3, -0.25) is 4.72 Å². The van der Waals surface area contributed by atoms with E-state index in [9.17, 15) is 12.8 Å². The summed E-state index contributed by atoms with van der Waals surface area (Å²) in [6.45, 7) is 3.16. The van der Waals surface area contributed by atoms with E-state index in [1.165, 1.54) is 13.0 Å². The molecule has 8 heteroatoms. The Kier molecular flexibility index (Phi) is 4.27. The number of benzene rings is 1. The summed E-state index contributed by atoms with van der Waals surface area (Å²) < 4.78 is 45.7. The van der Waals surface area contributed by atoms with Crippen molar-refractivity contribution in [3.05, 3.63) is 46.1 Å². The molecule has 0 spiro atoms. The first-order valence-corrected chi connectivity index (χ1v) is 7.89. The van der Waals surface area contributed by atoms with E-state index in [1.807, 2.05) is 0 Å². The average Bonchev–Trinajstić information content (AvgIpc) is 2.68. The molecule has 114 valence electrons. The van der Waals surface area contributed by atoms with Crippen LogP contribution in [0.3, 0.4) is 0 Å². The first-order valence-electron chi connectivity index (χ1n) is 6.03. The number of hydrogen-bond acceptors (Lipinski definition) is 4. The molecule has 0 bridgehead atoms. The predicted molar refractivity (Wildman–Crippen MR) is 78.3 cm³/mol. The van der Waals surface area contributed by atoms with Crippen LogP contribution in [0.2, 0.25) is 5.02 Å². The molecule has 5 nitrogen and oxygen atoms in total. The minimum Gasteiger partial charge on any atom is -0.465 e. The van der Waals surface area contributed by atoms with Crippen LogP contribution in [-0.4, -0.2) is 8.42 Å². The second kappa shape index (κ2) is 5.67. The van der Waals surface area contributed by atoms with E-state index in [0.29, 0.717) is 11.3 Å². The van der Waals surface area contributed by atoms with Crippen molar-refractivity contribution < 1.29 is 17.2 Å². The lowest BCUT2D eigenvalue weighted by Gasteiger charge is -2.10. The first-order chi connectivity index (χ1) is 9.76. The largest absolute Gasteiger partial charge is 0.465 e. The Hall–Kier alpha value is -1.57. The Morgan fingerprint density at radius 2 is 2.00 bits per heavy atom. The van der Waals surface area contributed by atoms with Crippen LogP contribution in [-0.2, 0) is 16.6 Å². The van der Waals surface area contributed by atoms with Crippen molar-refractivity contribution in [2.75, 3.05) is 4.72 Å². The van der Waals surface area contributed by atoms with Gasteiger partial charge in [-0.15, -0.1) is 0 Å². The van der Waals surface area contributed by atoms with Crippen LogP contribution in [0.25, 0.3) is 0 Å². The molecule has 2 rings (SSSR count). The molecule has 3 N–H and O–H groups in total. The van der Waals surface area contributed by atoms with E-state index in [4.69, 9.17) is 21.8 Å². The maximum atomic E-state index is 13.2. The third-order valence-electron chi connectivity index (χ3n) is 2.97. The van der Waals surface area contributed by atoms with Crippen LogP contribution in [0.5, 0.6) is 0 Å². The highest BCUT2D eigenvalue weighted by molar-refractivity contribution is 7.92. The van der Waals surface area contributed by atoms with Gasteiger partial charge in [0.1, 0.15) is 22.2 Å². The number of rotatable bonds is 4. The molecule has 0 aliphatic rings. The summed E-state index contributed by atoms with van der Waals surface area (Å²) in [5.41, 5.74) is 5.91. The Bertz CT molecular complexity index is 787. The molecule has 0 amide bonds. The molecule has 0 fully saturated rings. The number of furan rings is 1. The highest BCUT2D eigenvalue weighted by Crippen LogP contribution is 2.30. The Balaban J connectivity index is 2.51. The fourth-order valence-corrected chi connectivity index (χ4v) is 3.82. The van der Waals surface area contributed by atoms with E-state index in [0.717, 1.165) is 12.1 Å². The minimum absolute atomic E-state index is 0.0102. The van der Waals surface area contributed by atoms with Crippen molar-refractivity contribution in [1.29, 1.82) is 0 Å². The molecule has 1 aromatic heterocycles. The van der Waals surface area contributed by atoms with Gasteiger partial charge in [-0.05, 0) is 32.0 Å². The summed E-state index contributed by atoms with van der Waals surface area (Å²) in [5, 5.41) is 0.0899. The van der Waals surface area contributed by atoms with Gasteiger partial charge in [0.15, 0.2) is 0 Å². The molecule has 1 heterocycles. The van der Waals surface area contributed by atoms with Crippen LogP contribution in [0.4, 0.5) is 10.1 Å². The van der Waals surface area contributed by atoms with Crippen molar-refractivity contribution in [2.24, 2.45) is 5.73 Å². The monoisotopic (exact) mass is 332 g/mol. The first kappa shape index (κ1) is 15.8. The lowest BCUT2D eigenvalue weighted by atomic mass is 10.2. The lowest BCUT2D eigenvalue weighted by Crippen LogP contribution is -2.16. The molecule has 2 aromatic rings. The van der Waals surface area contributed by atoms with Gasteiger partial charge in [0, 0.05) is 12.1 Å². The maximum Gasteiger partial charge on any atom is 0.265 e. The Labute approximate surface area is 126 Å². The van der Waals surface area contributed by atoms with Crippen molar-refractivity contribution >= 4 is 27.3 Å². The molecular formula is C13H14ClFN2O3S. The zero-order valence-corrected chi connectivity index (χ0v) is 13.0. The molecule has 0 saturated carbocycles. The molecule has 21 heavy (non-hydrogen) atoms. The van der Waals surface area contributed by atoms with Crippen molar-refractivity contribution in [3.63, 3.8) is 0 Å². The highest BCUT2D eigenvalue weighted by atomic mass is 35.5. The minimum atomic E-state index is -3.98. The average molecular weight is 333 g/mol. The summed E-state index contributed by atoms with van der Waals surface area (Å²) in [6, 6.07) is 3.41. The van der Waals surface area contributed by atoms with Gasteiger partial charge >= 0.3 is 0 Å². The van der Waals surface area contributed by atoms with Crippen LogP contribution in [0.1, 0.15) is 17.1 Å². The van der Waals surface area contributed by atoms with Crippen LogP contribution >= 0.6 is 11.6 Å². The number of hydrogen-bond donors (Lipinski definition) is 2. The van der Waals surface area contributed by atoms with Gasteiger partial charge in [0.25, 0.3) is 10.0 Å². The van der Waals surface area contributed by atoms with E-state index in [1.54, 1.807) is 6.92 Å². The van der Waals surface area contributed by atoms with Crippen molar-refractivity contribution in [1.82, 2.24) is 0 Å². The number of nitrogens with one attached hydrogen (secondary N) is 1. The molecule has 0 radical (unpaired) electrons. The summed E-state index contributed by atoms with van der Waals surface area (Å²) in [6.07, 6.45) is 0. The van der Waals surface area contributed by atoms with Crippen LogP contribution in [0.15, 0.2) is 27.5 Å². The molecular weight excluding hydrogens is 319 g/mol. The van der Waals surface area contributed by atoms with Gasteiger partial charge < -0.3 is 10.2 Å². The summed E-state index contributed by atoms with van der Waals surface area (Å²) >= 11 is 5.87. The highest BCUT2D eigenvalue weighted by Gasteiger charge is 2.27.